The Morgan fingerprint density at radius 3 is 2.50 bits per heavy atom. The summed E-state index contributed by atoms with van der Waals surface area (Å²) in [6, 6.07) is 20.5. The summed E-state index contributed by atoms with van der Waals surface area (Å²) in [7, 11) is 0. The second kappa shape index (κ2) is 10.9. The zero-order valence-corrected chi connectivity index (χ0v) is 20.7. The maximum atomic E-state index is 12.9. The molecule has 0 saturated carbocycles. The molecule has 0 N–H and O–H groups in total. The lowest BCUT2D eigenvalue weighted by Gasteiger charge is -2.13. The number of amides is 2. The highest BCUT2D eigenvalue weighted by atomic mass is 79.9. The molecular formula is C25H17BrClNO5S. The highest BCUT2D eigenvalue weighted by Crippen LogP contribution is 2.35. The van der Waals surface area contributed by atoms with Gasteiger partial charge in [0.1, 0.15) is 18.1 Å². The standard InChI is InChI=1S/C25H17BrClNO5S/c26-18-8-11-21(33-24(30)16-6-9-19(27)10-7-16)17(14-18)15-22-23(29)28(25(31)34-22)12-13-32-20-4-2-1-3-5-20/h1-11,14-15H,12-13H2/b22-15-. The zero-order valence-electron chi connectivity index (χ0n) is 17.6. The topological polar surface area (TPSA) is 72.9 Å². The third kappa shape index (κ3) is 5.88. The van der Waals surface area contributed by atoms with Gasteiger partial charge >= 0.3 is 5.97 Å². The van der Waals surface area contributed by atoms with Crippen molar-refractivity contribution >= 4 is 62.5 Å². The minimum absolute atomic E-state index is 0.119. The third-order valence-corrected chi connectivity index (χ3v) is 6.39. The van der Waals surface area contributed by atoms with Gasteiger partial charge in [0, 0.05) is 15.1 Å². The lowest BCUT2D eigenvalue weighted by atomic mass is 10.1. The summed E-state index contributed by atoms with van der Waals surface area (Å²) in [4.78, 5) is 39.2. The number of hydrogen-bond donors (Lipinski definition) is 0. The Morgan fingerprint density at radius 1 is 1.03 bits per heavy atom. The summed E-state index contributed by atoms with van der Waals surface area (Å²) in [5.74, 6) is -0.0879. The van der Waals surface area contributed by atoms with Gasteiger partial charge in [-0.25, -0.2) is 4.79 Å². The molecular weight excluding hydrogens is 542 g/mol. The minimum atomic E-state index is -0.570. The second-order valence-corrected chi connectivity index (χ2v) is 9.42. The van der Waals surface area contributed by atoms with Crippen LogP contribution in [0.15, 0.2) is 82.2 Å². The Morgan fingerprint density at radius 2 is 1.76 bits per heavy atom. The van der Waals surface area contributed by atoms with Gasteiger partial charge in [-0.2, -0.15) is 0 Å². The number of carbonyl (C=O) groups excluding carboxylic acids is 3. The predicted octanol–water partition coefficient (Wildman–Crippen LogP) is 6.44. The van der Waals surface area contributed by atoms with Crippen molar-refractivity contribution in [3.63, 3.8) is 0 Å². The maximum Gasteiger partial charge on any atom is 0.343 e. The summed E-state index contributed by atoms with van der Waals surface area (Å²) >= 11 is 10.1. The van der Waals surface area contributed by atoms with Crippen molar-refractivity contribution in [3.8, 4) is 11.5 Å². The number of thioether (sulfide) groups is 1. The zero-order chi connectivity index (χ0) is 24.1. The van der Waals surface area contributed by atoms with E-state index in [4.69, 9.17) is 21.1 Å². The Balaban J connectivity index is 1.49. The van der Waals surface area contributed by atoms with E-state index in [1.807, 2.05) is 18.2 Å². The first-order valence-electron chi connectivity index (χ1n) is 10.1. The first-order chi connectivity index (χ1) is 16.4. The van der Waals surface area contributed by atoms with Crippen molar-refractivity contribution < 1.29 is 23.9 Å². The van der Waals surface area contributed by atoms with Crippen LogP contribution in [0.4, 0.5) is 4.79 Å². The van der Waals surface area contributed by atoms with Crippen LogP contribution >= 0.6 is 39.3 Å². The molecule has 9 heteroatoms. The van der Waals surface area contributed by atoms with Gasteiger partial charge in [0.25, 0.3) is 11.1 Å². The second-order valence-electron chi connectivity index (χ2n) is 7.07. The average Bonchev–Trinajstić information content (AvgIpc) is 3.09. The molecule has 0 radical (unpaired) electrons. The monoisotopic (exact) mass is 557 g/mol. The molecule has 0 aromatic heterocycles. The number of hydrogen-bond acceptors (Lipinski definition) is 6. The van der Waals surface area contributed by atoms with E-state index in [1.165, 1.54) is 6.08 Å². The van der Waals surface area contributed by atoms with Crippen molar-refractivity contribution in [2.75, 3.05) is 13.2 Å². The number of imide groups is 1. The van der Waals surface area contributed by atoms with Gasteiger partial charge in [-0.15, -0.1) is 0 Å². The van der Waals surface area contributed by atoms with Crippen LogP contribution in [0.25, 0.3) is 6.08 Å². The van der Waals surface area contributed by atoms with Crippen LogP contribution in [-0.4, -0.2) is 35.2 Å². The van der Waals surface area contributed by atoms with Crippen molar-refractivity contribution in [2.24, 2.45) is 0 Å². The number of carbonyl (C=O) groups is 3. The summed E-state index contributed by atoms with van der Waals surface area (Å²) in [5, 5.41) is 0.119. The van der Waals surface area contributed by atoms with Gasteiger partial charge in [0.2, 0.25) is 0 Å². The first kappa shape index (κ1) is 24.1. The molecule has 1 aliphatic rings. The Bertz CT molecular complexity index is 1260. The fourth-order valence-corrected chi connectivity index (χ4v) is 4.44. The van der Waals surface area contributed by atoms with Crippen molar-refractivity contribution in [1.82, 2.24) is 4.90 Å². The summed E-state index contributed by atoms with van der Waals surface area (Å²) in [5.41, 5.74) is 0.805. The van der Waals surface area contributed by atoms with Crippen LogP contribution in [-0.2, 0) is 4.79 Å². The molecule has 4 rings (SSSR count). The van der Waals surface area contributed by atoms with Gasteiger partial charge in [0.15, 0.2) is 0 Å². The van der Waals surface area contributed by atoms with Gasteiger partial charge in [-0.05, 0) is 72.4 Å². The number of esters is 1. The lowest BCUT2D eigenvalue weighted by molar-refractivity contribution is -0.123. The first-order valence-corrected chi connectivity index (χ1v) is 12.1. The van der Waals surface area contributed by atoms with Gasteiger partial charge < -0.3 is 9.47 Å². The van der Waals surface area contributed by atoms with Crippen molar-refractivity contribution in [1.29, 1.82) is 0 Å². The smallest absolute Gasteiger partial charge is 0.343 e. The van der Waals surface area contributed by atoms with Crippen LogP contribution in [0, 0.1) is 0 Å². The van der Waals surface area contributed by atoms with Gasteiger partial charge in [-0.1, -0.05) is 45.7 Å². The molecule has 3 aromatic carbocycles. The average molecular weight is 559 g/mol. The molecule has 2 amide bonds. The van der Waals surface area contributed by atoms with Crippen molar-refractivity contribution in [2.45, 2.75) is 0 Å². The highest BCUT2D eigenvalue weighted by molar-refractivity contribution is 9.10. The van der Waals surface area contributed by atoms with E-state index < -0.39 is 11.9 Å². The summed E-state index contributed by atoms with van der Waals surface area (Å²) < 4.78 is 11.9. The molecule has 172 valence electrons. The molecule has 1 aliphatic heterocycles. The van der Waals surface area contributed by atoms with Crippen LogP contribution in [0.5, 0.6) is 11.5 Å². The number of rotatable bonds is 7. The quantitative estimate of drug-likeness (QED) is 0.189. The number of benzene rings is 3. The summed E-state index contributed by atoms with van der Waals surface area (Å²) in [6.45, 7) is 0.296. The molecule has 1 saturated heterocycles. The summed E-state index contributed by atoms with van der Waals surface area (Å²) in [6.07, 6.45) is 1.54. The van der Waals surface area contributed by atoms with E-state index >= 15 is 0 Å². The normalized spacial score (nSPS) is 14.5. The Hall–Kier alpha value is -3.07. The number of para-hydroxylation sites is 1. The molecule has 0 aliphatic carbocycles. The van der Waals surface area contributed by atoms with Gasteiger partial charge in [0.05, 0.1) is 17.0 Å². The van der Waals surface area contributed by atoms with Crippen LogP contribution in [0.3, 0.4) is 0 Å². The van der Waals surface area contributed by atoms with Crippen LogP contribution < -0.4 is 9.47 Å². The van der Waals surface area contributed by atoms with Gasteiger partial charge in [-0.3, -0.25) is 14.5 Å². The number of halogens is 2. The maximum absolute atomic E-state index is 12.9. The fraction of sp³-hybridized carbons (Fsp3) is 0.0800. The van der Waals surface area contributed by atoms with Crippen LogP contribution in [0.1, 0.15) is 15.9 Å². The molecule has 1 fully saturated rings. The Labute approximate surface area is 213 Å². The molecule has 6 nitrogen and oxygen atoms in total. The molecule has 1 heterocycles. The van der Waals surface area contributed by atoms with E-state index in [0.29, 0.717) is 21.9 Å². The fourth-order valence-electron chi connectivity index (χ4n) is 3.08. The lowest BCUT2D eigenvalue weighted by Crippen LogP contribution is -2.32. The van der Waals surface area contributed by atoms with Crippen LogP contribution in [0.2, 0.25) is 5.02 Å². The van der Waals surface area contributed by atoms with E-state index in [9.17, 15) is 14.4 Å². The molecule has 0 atom stereocenters. The van der Waals surface area contributed by atoms with E-state index in [0.717, 1.165) is 21.1 Å². The highest BCUT2D eigenvalue weighted by Gasteiger charge is 2.35. The molecule has 0 unspecified atom stereocenters. The third-order valence-electron chi connectivity index (χ3n) is 4.74. The molecule has 34 heavy (non-hydrogen) atoms. The molecule has 0 spiro atoms. The number of ether oxygens (including phenoxy) is 2. The largest absolute Gasteiger partial charge is 0.492 e. The minimum Gasteiger partial charge on any atom is -0.492 e. The molecule has 0 bridgehead atoms. The SMILES string of the molecule is O=C(Oc1ccc(Br)cc1/C=C1\SC(=O)N(CCOc2ccccc2)C1=O)c1ccc(Cl)cc1. The van der Waals surface area contributed by atoms with Crippen molar-refractivity contribution in [3.05, 3.63) is 98.3 Å². The van der Waals surface area contributed by atoms with E-state index in [1.54, 1.807) is 54.6 Å². The van der Waals surface area contributed by atoms with E-state index in [-0.39, 0.29) is 29.0 Å². The molecule has 3 aromatic rings. The number of nitrogens with zero attached hydrogens (tertiary/aromatic N) is 1. The Kier molecular flexibility index (Phi) is 7.72. The predicted molar refractivity (Wildman–Crippen MR) is 135 cm³/mol. The van der Waals surface area contributed by atoms with E-state index in [2.05, 4.69) is 15.9 Å².